The van der Waals surface area contributed by atoms with Crippen molar-refractivity contribution >= 4 is 5.97 Å². The number of ether oxygens (including phenoxy) is 3. The summed E-state index contributed by atoms with van der Waals surface area (Å²) in [5.41, 5.74) is 3.20. The predicted octanol–water partition coefficient (Wildman–Crippen LogP) is 3.79. The molecule has 0 amide bonds. The molecule has 0 fully saturated rings. The van der Waals surface area contributed by atoms with Crippen molar-refractivity contribution in [3.8, 4) is 17.2 Å². The molecule has 0 radical (unpaired) electrons. The molecule has 1 N–H and O–H groups in total. The zero-order valence-corrected chi connectivity index (χ0v) is 14.9. The Labute approximate surface area is 148 Å². The maximum Gasteiger partial charge on any atom is 0.303 e. The van der Waals surface area contributed by atoms with Crippen LogP contribution in [0.25, 0.3) is 0 Å². The second-order valence-corrected chi connectivity index (χ2v) is 5.77. The number of carboxylic acid groups (broad SMARTS) is 1. The van der Waals surface area contributed by atoms with Crippen LogP contribution in [0.5, 0.6) is 17.2 Å². The van der Waals surface area contributed by atoms with Gasteiger partial charge in [0, 0.05) is 6.42 Å². The number of carboxylic acids is 1. The van der Waals surface area contributed by atoms with E-state index in [2.05, 4.69) is 0 Å². The van der Waals surface area contributed by atoms with E-state index in [0.29, 0.717) is 31.1 Å². The topological polar surface area (TPSA) is 65.0 Å². The second kappa shape index (κ2) is 8.97. The minimum absolute atomic E-state index is 0.0848. The van der Waals surface area contributed by atoms with Gasteiger partial charge in [0.15, 0.2) is 11.5 Å². The summed E-state index contributed by atoms with van der Waals surface area (Å²) in [4.78, 5) is 10.7. The van der Waals surface area contributed by atoms with Crippen molar-refractivity contribution in [1.82, 2.24) is 0 Å². The van der Waals surface area contributed by atoms with Crippen LogP contribution in [0.3, 0.4) is 0 Å². The van der Waals surface area contributed by atoms with Gasteiger partial charge in [0.1, 0.15) is 19.0 Å². The van der Waals surface area contributed by atoms with E-state index >= 15 is 0 Å². The van der Waals surface area contributed by atoms with Gasteiger partial charge < -0.3 is 19.3 Å². The van der Waals surface area contributed by atoms with E-state index in [1.165, 1.54) is 5.56 Å². The van der Waals surface area contributed by atoms with Crippen LogP contribution in [0.4, 0.5) is 0 Å². The molecule has 0 saturated carbocycles. The van der Waals surface area contributed by atoms with Crippen molar-refractivity contribution in [1.29, 1.82) is 0 Å². The van der Waals surface area contributed by atoms with Crippen LogP contribution in [0.15, 0.2) is 36.4 Å². The average molecular weight is 344 g/mol. The van der Waals surface area contributed by atoms with Crippen LogP contribution >= 0.6 is 0 Å². The standard InChI is InChI=1S/C20H24O5/c1-14-5-4-6-17(15(14)2)24-11-12-25-19-13-16(8-10-20(21)22)7-9-18(19)23-3/h4-7,9,13H,8,10-12H2,1-3H3,(H,21,22). The largest absolute Gasteiger partial charge is 0.493 e. The Hall–Kier alpha value is -2.69. The molecule has 0 aliphatic carbocycles. The van der Waals surface area contributed by atoms with Crippen molar-refractivity contribution in [3.63, 3.8) is 0 Å². The van der Waals surface area contributed by atoms with Gasteiger partial charge in [-0.25, -0.2) is 0 Å². The van der Waals surface area contributed by atoms with Gasteiger partial charge in [0.25, 0.3) is 0 Å². The molecule has 5 nitrogen and oxygen atoms in total. The Morgan fingerprint density at radius 2 is 1.72 bits per heavy atom. The van der Waals surface area contributed by atoms with Gasteiger partial charge in [-0.3, -0.25) is 4.79 Å². The highest BCUT2D eigenvalue weighted by atomic mass is 16.5. The van der Waals surface area contributed by atoms with Crippen LogP contribution in [0, 0.1) is 13.8 Å². The van der Waals surface area contributed by atoms with Crippen LogP contribution in [-0.2, 0) is 11.2 Å². The van der Waals surface area contributed by atoms with Gasteiger partial charge in [0.2, 0.25) is 0 Å². The van der Waals surface area contributed by atoms with E-state index in [4.69, 9.17) is 19.3 Å². The lowest BCUT2D eigenvalue weighted by Gasteiger charge is -2.14. The number of hydrogen-bond acceptors (Lipinski definition) is 4. The van der Waals surface area contributed by atoms with E-state index in [-0.39, 0.29) is 6.42 Å². The van der Waals surface area contributed by atoms with Gasteiger partial charge in [-0.1, -0.05) is 18.2 Å². The zero-order chi connectivity index (χ0) is 18.2. The number of aryl methyl sites for hydroxylation is 2. The fourth-order valence-electron chi connectivity index (χ4n) is 2.42. The summed E-state index contributed by atoms with van der Waals surface area (Å²) < 4.78 is 16.8. The molecule has 0 aliphatic rings. The number of aliphatic carboxylic acids is 1. The monoisotopic (exact) mass is 344 g/mol. The number of hydrogen-bond donors (Lipinski definition) is 1. The first-order chi connectivity index (χ1) is 12.0. The Balaban J connectivity index is 1.93. The van der Waals surface area contributed by atoms with Gasteiger partial charge in [-0.05, 0) is 55.2 Å². The highest BCUT2D eigenvalue weighted by Crippen LogP contribution is 2.28. The smallest absolute Gasteiger partial charge is 0.303 e. The number of methoxy groups -OCH3 is 1. The van der Waals surface area contributed by atoms with Gasteiger partial charge >= 0.3 is 5.97 Å². The van der Waals surface area contributed by atoms with E-state index < -0.39 is 5.97 Å². The van der Waals surface area contributed by atoms with Crippen molar-refractivity contribution in [3.05, 3.63) is 53.1 Å². The van der Waals surface area contributed by atoms with Crippen molar-refractivity contribution in [2.45, 2.75) is 26.7 Å². The molecule has 0 aromatic heterocycles. The Kier molecular flexibility index (Phi) is 6.69. The molecule has 25 heavy (non-hydrogen) atoms. The molecular formula is C20H24O5. The van der Waals surface area contributed by atoms with E-state index in [1.807, 2.05) is 44.2 Å². The SMILES string of the molecule is COc1ccc(CCC(=O)O)cc1OCCOc1cccc(C)c1C. The maximum absolute atomic E-state index is 10.7. The minimum Gasteiger partial charge on any atom is -0.493 e. The maximum atomic E-state index is 10.7. The first-order valence-electron chi connectivity index (χ1n) is 8.21. The Morgan fingerprint density at radius 3 is 2.40 bits per heavy atom. The number of rotatable bonds is 9. The van der Waals surface area contributed by atoms with Gasteiger partial charge in [-0.2, -0.15) is 0 Å². The fraction of sp³-hybridized carbons (Fsp3) is 0.350. The molecule has 2 aromatic carbocycles. The molecule has 2 rings (SSSR count). The summed E-state index contributed by atoms with van der Waals surface area (Å²) in [5, 5.41) is 8.80. The first kappa shape index (κ1) is 18.6. The number of benzene rings is 2. The molecule has 0 spiro atoms. The third-order valence-electron chi connectivity index (χ3n) is 4.01. The molecule has 5 heteroatoms. The minimum atomic E-state index is -0.819. The van der Waals surface area contributed by atoms with Gasteiger partial charge in [0.05, 0.1) is 7.11 Å². The molecule has 0 bridgehead atoms. The summed E-state index contributed by atoms with van der Waals surface area (Å²) in [6.07, 6.45) is 0.538. The Morgan fingerprint density at radius 1 is 1.00 bits per heavy atom. The van der Waals surface area contributed by atoms with Crippen molar-refractivity contribution < 1.29 is 24.1 Å². The average Bonchev–Trinajstić information content (AvgIpc) is 2.60. The summed E-state index contributed by atoms with van der Waals surface area (Å²) in [6, 6.07) is 11.4. The quantitative estimate of drug-likeness (QED) is 0.701. The summed E-state index contributed by atoms with van der Waals surface area (Å²) >= 11 is 0. The third kappa shape index (κ3) is 5.41. The first-order valence-corrected chi connectivity index (χ1v) is 8.21. The third-order valence-corrected chi connectivity index (χ3v) is 4.01. The second-order valence-electron chi connectivity index (χ2n) is 5.77. The molecule has 0 aliphatic heterocycles. The van der Waals surface area contributed by atoms with Crippen LogP contribution in [-0.4, -0.2) is 31.4 Å². The van der Waals surface area contributed by atoms with E-state index in [1.54, 1.807) is 13.2 Å². The van der Waals surface area contributed by atoms with Crippen LogP contribution < -0.4 is 14.2 Å². The fourth-order valence-corrected chi connectivity index (χ4v) is 2.42. The Bertz CT molecular complexity index is 724. The summed E-state index contributed by atoms with van der Waals surface area (Å²) in [5.74, 6) is 1.24. The van der Waals surface area contributed by atoms with Crippen molar-refractivity contribution in [2.24, 2.45) is 0 Å². The molecule has 2 aromatic rings. The van der Waals surface area contributed by atoms with Crippen molar-refractivity contribution in [2.75, 3.05) is 20.3 Å². The van der Waals surface area contributed by atoms with E-state index in [0.717, 1.165) is 16.9 Å². The molecule has 0 atom stereocenters. The summed E-state index contributed by atoms with van der Waals surface area (Å²) in [6.45, 7) is 4.85. The number of carbonyl (C=O) groups is 1. The molecule has 134 valence electrons. The zero-order valence-electron chi connectivity index (χ0n) is 14.9. The lowest BCUT2D eigenvalue weighted by molar-refractivity contribution is -0.136. The van der Waals surface area contributed by atoms with Gasteiger partial charge in [-0.15, -0.1) is 0 Å². The summed E-state index contributed by atoms with van der Waals surface area (Å²) in [7, 11) is 1.58. The lowest BCUT2D eigenvalue weighted by Crippen LogP contribution is -2.10. The van der Waals surface area contributed by atoms with Crippen LogP contribution in [0.1, 0.15) is 23.1 Å². The van der Waals surface area contributed by atoms with E-state index in [9.17, 15) is 4.79 Å². The predicted molar refractivity (Wildman–Crippen MR) is 95.9 cm³/mol. The lowest BCUT2D eigenvalue weighted by atomic mass is 10.1. The van der Waals surface area contributed by atoms with Crippen LogP contribution in [0.2, 0.25) is 0 Å². The molecule has 0 unspecified atom stereocenters. The highest BCUT2D eigenvalue weighted by Gasteiger charge is 2.08. The highest BCUT2D eigenvalue weighted by molar-refractivity contribution is 5.67. The normalized spacial score (nSPS) is 10.4. The molecule has 0 heterocycles. The molecule has 0 saturated heterocycles. The molecular weight excluding hydrogens is 320 g/mol.